The summed E-state index contributed by atoms with van der Waals surface area (Å²) in [5.41, 5.74) is 1.52. The number of benzene rings is 1. The monoisotopic (exact) mass is 272 g/mol. The SMILES string of the molecule is CCCCCc1oc(-c2ccccc2)cc1C(=O)OC. The van der Waals surface area contributed by atoms with Crippen LogP contribution in [0.15, 0.2) is 40.8 Å². The standard InChI is InChI=1S/C17H20O3/c1-3-4-6-11-15-14(17(18)19-2)12-16(20-15)13-9-7-5-8-10-13/h5,7-10,12H,3-4,6,11H2,1-2H3. The van der Waals surface area contributed by atoms with Crippen LogP contribution < -0.4 is 0 Å². The van der Waals surface area contributed by atoms with Gasteiger partial charge in [0.15, 0.2) is 0 Å². The number of rotatable bonds is 6. The van der Waals surface area contributed by atoms with Gasteiger partial charge in [-0.3, -0.25) is 0 Å². The summed E-state index contributed by atoms with van der Waals surface area (Å²) in [5, 5.41) is 0. The van der Waals surface area contributed by atoms with Crippen LogP contribution in [0.1, 0.15) is 42.3 Å². The van der Waals surface area contributed by atoms with E-state index in [0.29, 0.717) is 5.56 Å². The van der Waals surface area contributed by atoms with Gasteiger partial charge in [0.05, 0.1) is 7.11 Å². The highest BCUT2D eigenvalue weighted by atomic mass is 16.5. The molecule has 0 aliphatic rings. The molecule has 2 rings (SSSR count). The Hall–Kier alpha value is -2.03. The molecule has 0 aliphatic heterocycles. The molecule has 0 aliphatic carbocycles. The van der Waals surface area contributed by atoms with Crippen LogP contribution >= 0.6 is 0 Å². The lowest BCUT2D eigenvalue weighted by atomic mass is 10.1. The first-order valence-corrected chi connectivity index (χ1v) is 7.02. The highest BCUT2D eigenvalue weighted by Crippen LogP contribution is 2.27. The Morgan fingerprint density at radius 2 is 1.95 bits per heavy atom. The van der Waals surface area contributed by atoms with Gasteiger partial charge in [0, 0.05) is 12.0 Å². The van der Waals surface area contributed by atoms with Crippen LogP contribution in [0.3, 0.4) is 0 Å². The van der Waals surface area contributed by atoms with Crippen molar-refractivity contribution in [1.29, 1.82) is 0 Å². The molecular formula is C17H20O3. The van der Waals surface area contributed by atoms with Crippen molar-refractivity contribution < 1.29 is 13.9 Å². The van der Waals surface area contributed by atoms with E-state index in [1.807, 2.05) is 30.3 Å². The predicted molar refractivity (Wildman–Crippen MR) is 78.7 cm³/mol. The van der Waals surface area contributed by atoms with Gasteiger partial charge < -0.3 is 9.15 Å². The number of hydrogen-bond donors (Lipinski definition) is 0. The van der Waals surface area contributed by atoms with Crippen molar-refractivity contribution in [1.82, 2.24) is 0 Å². The molecule has 3 heteroatoms. The second-order valence-electron chi connectivity index (χ2n) is 4.76. The number of aryl methyl sites for hydroxylation is 1. The minimum absolute atomic E-state index is 0.331. The van der Waals surface area contributed by atoms with E-state index in [0.717, 1.165) is 42.8 Å². The van der Waals surface area contributed by atoms with E-state index in [1.165, 1.54) is 7.11 Å². The molecule has 1 aromatic heterocycles. The zero-order chi connectivity index (χ0) is 14.4. The summed E-state index contributed by atoms with van der Waals surface area (Å²) in [6, 6.07) is 11.6. The van der Waals surface area contributed by atoms with E-state index in [-0.39, 0.29) is 5.97 Å². The second-order valence-corrected chi connectivity index (χ2v) is 4.76. The zero-order valence-corrected chi connectivity index (χ0v) is 12.0. The van der Waals surface area contributed by atoms with E-state index < -0.39 is 0 Å². The molecule has 2 aromatic rings. The fraction of sp³-hybridized carbons (Fsp3) is 0.353. The van der Waals surface area contributed by atoms with Gasteiger partial charge in [-0.15, -0.1) is 0 Å². The number of esters is 1. The number of methoxy groups -OCH3 is 1. The van der Waals surface area contributed by atoms with Crippen molar-refractivity contribution in [3.05, 3.63) is 47.7 Å². The highest BCUT2D eigenvalue weighted by Gasteiger charge is 2.18. The summed E-state index contributed by atoms with van der Waals surface area (Å²) in [6.07, 6.45) is 4.05. The first kappa shape index (κ1) is 14.4. The molecule has 0 unspecified atom stereocenters. The molecule has 0 saturated carbocycles. The first-order chi connectivity index (χ1) is 9.76. The normalized spacial score (nSPS) is 10.5. The summed E-state index contributed by atoms with van der Waals surface area (Å²) in [5.74, 6) is 1.11. The van der Waals surface area contributed by atoms with Gasteiger partial charge in [0.25, 0.3) is 0 Å². The maximum Gasteiger partial charge on any atom is 0.341 e. The second kappa shape index (κ2) is 6.94. The van der Waals surface area contributed by atoms with Gasteiger partial charge in [-0.1, -0.05) is 50.1 Å². The smallest absolute Gasteiger partial charge is 0.341 e. The maximum absolute atomic E-state index is 11.8. The molecule has 1 aromatic carbocycles. The summed E-state index contributed by atoms with van der Waals surface area (Å²) in [7, 11) is 1.40. The third kappa shape index (κ3) is 3.29. The molecule has 0 saturated heterocycles. The summed E-state index contributed by atoms with van der Waals surface area (Å²) in [6.45, 7) is 2.15. The molecule has 0 spiro atoms. The van der Waals surface area contributed by atoms with Gasteiger partial charge >= 0.3 is 5.97 Å². The van der Waals surface area contributed by atoms with Gasteiger partial charge in [0.2, 0.25) is 0 Å². The minimum Gasteiger partial charge on any atom is -0.465 e. The summed E-state index contributed by atoms with van der Waals surface area (Å²) < 4.78 is 10.7. The van der Waals surface area contributed by atoms with E-state index in [4.69, 9.17) is 9.15 Å². The maximum atomic E-state index is 11.8. The van der Waals surface area contributed by atoms with E-state index in [1.54, 1.807) is 6.07 Å². The average Bonchev–Trinajstić information content (AvgIpc) is 2.92. The number of carbonyl (C=O) groups is 1. The fourth-order valence-electron chi connectivity index (χ4n) is 2.18. The molecule has 0 bridgehead atoms. The lowest BCUT2D eigenvalue weighted by Crippen LogP contribution is -2.02. The Morgan fingerprint density at radius 3 is 2.60 bits per heavy atom. The highest BCUT2D eigenvalue weighted by molar-refractivity contribution is 5.91. The largest absolute Gasteiger partial charge is 0.465 e. The van der Waals surface area contributed by atoms with Crippen molar-refractivity contribution >= 4 is 5.97 Å². The zero-order valence-electron chi connectivity index (χ0n) is 12.0. The van der Waals surface area contributed by atoms with Crippen molar-refractivity contribution in [2.75, 3.05) is 7.11 Å². The number of unbranched alkanes of at least 4 members (excludes halogenated alkanes) is 2. The molecule has 20 heavy (non-hydrogen) atoms. The van der Waals surface area contributed by atoms with Gasteiger partial charge in [0.1, 0.15) is 17.1 Å². The molecule has 0 atom stereocenters. The first-order valence-electron chi connectivity index (χ1n) is 7.02. The van der Waals surface area contributed by atoms with Crippen molar-refractivity contribution in [3.8, 4) is 11.3 Å². The Bertz CT molecular complexity index is 555. The predicted octanol–water partition coefficient (Wildman–Crippen LogP) is 4.47. The van der Waals surface area contributed by atoms with Crippen LogP contribution in [-0.2, 0) is 11.2 Å². The Labute approximate surface area is 119 Å². The van der Waals surface area contributed by atoms with Crippen LogP contribution in [0.5, 0.6) is 0 Å². The van der Waals surface area contributed by atoms with Crippen molar-refractivity contribution in [2.45, 2.75) is 32.6 Å². The number of carbonyl (C=O) groups excluding carboxylic acids is 1. The van der Waals surface area contributed by atoms with E-state index in [2.05, 4.69) is 6.92 Å². The number of furan rings is 1. The lowest BCUT2D eigenvalue weighted by molar-refractivity contribution is 0.0598. The average molecular weight is 272 g/mol. The Morgan fingerprint density at radius 1 is 1.20 bits per heavy atom. The Balaban J connectivity index is 2.29. The molecule has 0 N–H and O–H groups in total. The van der Waals surface area contributed by atoms with E-state index >= 15 is 0 Å². The van der Waals surface area contributed by atoms with Crippen LogP contribution in [0.4, 0.5) is 0 Å². The Kier molecular flexibility index (Phi) is 4.99. The molecule has 1 heterocycles. The van der Waals surface area contributed by atoms with Crippen LogP contribution in [0.25, 0.3) is 11.3 Å². The van der Waals surface area contributed by atoms with E-state index in [9.17, 15) is 4.79 Å². The summed E-state index contributed by atoms with van der Waals surface area (Å²) >= 11 is 0. The molecule has 0 radical (unpaired) electrons. The van der Waals surface area contributed by atoms with Crippen molar-refractivity contribution in [2.24, 2.45) is 0 Å². The van der Waals surface area contributed by atoms with Gasteiger partial charge in [-0.2, -0.15) is 0 Å². The van der Waals surface area contributed by atoms with Crippen LogP contribution in [0.2, 0.25) is 0 Å². The molecule has 106 valence electrons. The fourth-order valence-corrected chi connectivity index (χ4v) is 2.18. The lowest BCUT2D eigenvalue weighted by Gasteiger charge is -2.00. The van der Waals surface area contributed by atoms with Crippen LogP contribution in [0, 0.1) is 0 Å². The molecular weight excluding hydrogens is 252 g/mol. The third-order valence-electron chi connectivity index (χ3n) is 3.28. The third-order valence-corrected chi connectivity index (χ3v) is 3.28. The number of ether oxygens (including phenoxy) is 1. The molecule has 0 fully saturated rings. The summed E-state index contributed by atoms with van der Waals surface area (Å²) in [4.78, 5) is 11.8. The minimum atomic E-state index is -0.331. The molecule has 3 nitrogen and oxygen atoms in total. The topological polar surface area (TPSA) is 39.4 Å². The number of hydrogen-bond acceptors (Lipinski definition) is 3. The quantitative estimate of drug-likeness (QED) is 0.575. The van der Waals surface area contributed by atoms with Gasteiger partial charge in [-0.05, 0) is 12.5 Å². The van der Waals surface area contributed by atoms with Gasteiger partial charge in [-0.25, -0.2) is 4.79 Å². The van der Waals surface area contributed by atoms with Crippen LogP contribution in [-0.4, -0.2) is 13.1 Å². The molecule has 0 amide bonds. The van der Waals surface area contributed by atoms with Crippen molar-refractivity contribution in [3.63, 3.8) is 0 Å².